The SMILES string of the molecule is Cc1[nH]nc2c1C(C(=O)c1ccc(Cl)cc1)CC(=O)N2. The molecule has 5 nitrogen and oxygen atoms in total. The predicted molar refractivity (Wildman–Crippen MR) is 75.1 cm³/mol. The Kier molecular flexibility index (Phi) is 3.06. The van der Waals surface area contributed by atoms with Gasteiger partial charge in [0.05, 0.1) is 5.92 Å². The molecule has 3 rings (SSSR count). The number of amides is 1. The van der Waals surface area contributed by atoms with E-state index in [1.165, 1.54) is 0 Å². The zero-order valence-electron chi connectivity index (χ0n) is 10.7. The number of rotatable bonds is 2. The topological polar surface area (TPSA) is 74.8 Å². The third kappa shape index (κ3) is 2.10. The maximum absolute atomic E-state index is 12.6. The minimum absolute atomic E-state index is 0.0951. The van der Waals surface area contributed by atoms with Crippen LogP contribution in [-0.2, 0) is 4.79 Å². The number of benzene rings is 1. The molecule has 2 aromatic rings. The molecule has 1 aromatic heterocycles. The van der Waals surface area contributed by atoms with Crippen LogP contribution < -0.4 is 5.32 Å². The molecule has 0 fully saturated rings. The average Bonchev–Trinajstić information content (AvgIpc) is 2.79. The van der Waals surface area contributed by atoms with E-state index in [4.69, 9.17) is 11.6 Å². The highest BCUT2D eigenvalue weighted by Crippen LogP contribution is 2.35. The van der Waals surface area contributed by atoms with Crippen molar-refractivity contribution in [2.45, 2.75) is 19.3 Å². The largest absolute Gasteiger partial charge is 0.309 e. The van der Waals surface area contributed by atoms with Crippen molar-refractivity contribution in [1.82, 2.24) is 10.2 Å². The van der Waals surface area contributed by atoms with Gasteiger partial charge >= 0.3 is 0 Å². The van der Waals surface area contributed by atoms with Gasteiger partial charge in [-0.25, -0.2) is 0 Å². The van der Waals surface area contributed by atoms with Gasteiger partial charge in [0.2, 0.25) is 5.91 Å². The Morgan fingerprint density at radius 1 is 1.35 bits per heavy atom. The highest BCUT2D eigenvalue weighted by atomic mass is 35.5. The third-order valence-corrected chi connectivity index (χ3v) is 3.69. The number of Topliss-reactive ketones (excluding diaryl/α,β-unsaturated/α-hetero) is 1. The number of hydrogen-bond acceptors (Lipinski definition) is 3. The summed E-state index contributed by atoms with van der Waals surface area (Å²) in [6.07, 6.45) is 0.134. The van der Waals surface area contributed by atoms with Gasteiger partial charge in [-0.1, -0.05) is 11.6 Å². The molecule has 0 spiro atoms. The number of aromatic nitrogens is 2. The maximum Gasteiger partial charge on any atom is 0.226 e. The molecule has 1 aliphatic heterocycles. The van der Waals surface area contributed by atoms with Gasteiger partial charge in [-0.05, 0) is 31.2 Å². The monoisotopic (exact) mass is 289 g/mol. The summed E-state index contributed by atoms with van der Waals surface area (Å²) in [6.45, 7) is 1.84. The Morgan fingerprint density at radius 3 is 2.75 bits per heavy atom. The van der Waals surface area contributed by atoms with E-state index < -0.39 is 5.92 Å². The van der Waals surface area contributed by atoms with Gasteiger partial charge < -0.3 is 5.32 Å². The number of aryl methyl sites for hydroxylation is 1. The Balaban J connectivity index is 2.01. The number of hydrogen-bond donors (Lipinski definition) is 2. The lowest BCUT2D eigenvalue weighted by Gasteiger charge is -2.21. The molecule has 1 unspecified atom stereocenters. The molecule has 1 aromatic carbocycles. The Morgan fingerprint density at radius 2 is 2.05 bits per heavy atom. The fourth-order valence-electron chi connectivity index (χ4n) is 2.47. The normalized spacial score (nSPS) is 17.5. The van der Waals surface area contributed by atoms with E-state index in [1.807, 2.05) is 6.92 Å². The fraction of sp³-hybridized carbons (Fsp3) is 0.214. The van der Waals surface area contributed by atoms with E-state index in [0.29, 0.717) is 16.4 Å². The van der Waals surface area contributed by atoms with E-state index in [9.17, 15) is 9.59 Å². The molecule has 0 saturated heterocycles. The quantitative estimate of drug-likeness (QED) is 0.835. The molecule has 2 N–H and O–H groups in total. The molecule has 20 heavy (non-hydrogen) atoms. The summed E-state index contributed by atoms with van der Waals surface area (Å²) in [7, 11) is 0. The summed E-state index contributed by atoms with van der Waals surface area (Å²) in [5, 5.41) is 10.1. The van der Waals surface area contributed by atoms with Crippen LogP contribution in [-0.4, -0.2) is 21.9 Å². The van der Waals surface area contributed by atoms with Crippen LogP contribution >= 0.6 is 11.6 Å². The van der Waals surface area contributed by atoms with Crippen molar-refractivity contribution >= 4 is 29.1 Å². The highest BCUT2D eigenvalue weighted by Gasteiger charge is 2.34. The summed E-state index contributed by atoms with van der Waals surface area (Å²) >= 11 is 5.82. The van der Waals surface area contributed by atoms with Gasteiger partial charge in [0.25, 0.3) is 0 Å². The van der Waals surface area contributed by atoms with Gasteiger partial charge in [-0.15, -0.1) is 0 Å². The summed E-state index contributed by atoms with van der Waals surface area (Å²) in [5.74, 6) is -0.344. The first-order chi connectivity index (χ1) is 9.56. The number of nitrogens with zero attached hydrogens (tertiary/aromatic N) is 1. The van der Waals surface area contributed by atoms with E-state index in [2.05, 4.69) is 15.5 Å². The molecular weight excluding hydrogens is 278 g/mol. The smallest absolute Gasteiger partial charge is 0.226 e. The highest BCUT2D eigenvalue weighted by molar-refractivity contribution is 6.30. The summed E-state index contributed by atoms with van der Waals surface area (Å²) in [4.78, 5) is 24.3. The first-order valence-corrected chi connectivity index (χ1v) is 6.58. The van der Waals surface area contributed by atoms with Gasteiger partial charge in [0.1, 0.15) is 0 Å². The van der Waals surface area contributed by atoms with Crippen LogP contribution in [0.25, 0.3) is 0 Å². The van der Waals surface area contributed by atoms with Crippen molar-refractivity contribution < 1.29 is 9.59 Å². The van der Waals surface area contributed by atoms with Crippen LogP contribution in [0.5, 0.6) is 0 Å². The third-order valence-electron chi connectivity index (χ3n) is 3.44. The molecule has 2 heterocycles. The molecular formula is C14H12ClN3O2. The lowest BCUT2D eigenvalue weighted by molar-refractivity contribution is -0.116. The Bertz CT molecular complexity index is 691. The van der Waals surface area contributed by atoms with E-state index in [0.717, 1.165) is 11.3 Å². The summed E-state index contributed by atoms with van der Waals surface area (Å²) in [6, 6.07) is 6.68. The van der Waals surface area contributed by atoms with Crippen LogP contribution in [0.1, 0.15) is 34.0 Å². The second-order valence-corrected chi connectivity index (χ2v) is 5.22. The lowest BCUT2D eigenvalue weighted by Crippen LogP contribution is -2.27. The maximum atomic E-state index is 12.6. The van der Waals surface area contributed by atoms with Gasteiger partial charge in [-0.3, -0.25) is 14.7 Å². The number of carbonyl (C=O) groups excluding carboxylic acids is 2. The zero-order valence-corrected chi connectivity index (χ0v) is 11.5. The van der Waals surface area contributed by atoms with Gasteiger partial charge in [0.15, 0.2) is 11.6 Å². The van der Waals surface area contributed by atoms with Gasteiger partial charge in [-0.2, -0.15) is 5.10 Å². The Hall–Kier alpha value is -2.14. The van der Waals surface area contributed by atoms with Crippen LogP contribution in [0.4, 0.5) is 5.82 Å². The molecule has 0 radical (unpaired) electrons. The average molecular weight is 290 g/mol. The summed E-state index contributed by atoms with van der Waals surface area (Å²) in [5.41, 5.74) is 2.11. The second kappa shape index (κ2) is 4.76. The second-order valence-electron chi connectivity index (χ2n) is 4.79. The minimum Gasteiger partial charge on any atom is -0.309 e. The predicted octanol–water partition coefficient (Wildman–Crippen LogP) is 2.68. The van der Waals surface area contributed by atoms with Crippen LogP contribution in [0.2, 0.25) is 5.02 Å². The molecule has 6 heteroatoms. The number of anilines is 1. The Labute approximate surface area is 120 Å². The van der Waals surface area contributed by atoms with Crippen molar-refractivity contribution in [3.05, 3.63) is 46.1 Å². The van der Waals surface area contributed by atoms with E-state index in [-0.39, 0.29) is 18.1 Å². The molecule has 0 bridgehead atoms. The van der Waals surface area contributed by atoms with E-state index >= 15 is 0 Å². The lowest BCUT2D eigenvalue weighted by atomic mass is 9.85. The first kappa shape index (κ1) is 12.9. The first-order valence-electron chi connectivity index (χ1n) is 6.20. The van der Waals surface area contributed by atoms with Crippen LogP contribution in [0, 0.1) is 6.92 Å². The number of carbonyl (C=O) groups is 2. The van der Waals surface area contributed by atoms with E-state index in [1.54, 1.807) is 24.3 Å². The van der Waals surface area contributed by atoms with Crippen molar-refractivity contribution in [3.8, 4) is 0 Å². The summed E-state index contributed by atoms with van der Waals surface area (Å²) < 4.78 is 0. The number of halogens is 1. The number of aromatic amines is 1. The zero-order chi connectivity index (χ0) is 14.3. The van der Waals surface area contributed by atoms with Crippen LogP contribution in [0.3, 0.4) is 0 Å². The fourth-order valence-corrected chi connectivity index (χ4v) is 2.60. The van der Waals surface area contributed by atoms with Crippen molar-refractivity contribution in [1.29, 1.82) is 0 Å². The minimum atomic E-state index is -0.501. The van der Waals surface area contributed by atoms with Gasteiger partial charge in [0, 0.05) is 28.3 Å². The number of nitrogens with one attached hydrogen (secondary N) is 2. The number of H-pyrrole nitrogens is 1. The van der Waals surface area contributed by atoms with Crippen molar-refractivity contribution in [2.24, 2.45) is 0 Å². The molecule has 1 amide bonds. The molecule has 1 aliphatic rings. The molecule has 0 saturated carbocycles. The standard InChI is InChI=1S/C14H12ClN3O2/c1-7-12-10(6-11(19)16-14(12)18-17-7)13(20)8-2-4-9(15)5-3-8/h2-5,10H,6H2,1H3,(H2,16,17,18,19). The molecule has 102 valence electrons. The van der Waals surface area contributed by atoms with Crippen LogP contribution in [0.15, 0.2) is 24.3 Å². The molecule has 0 aliphatic carbocycles. The molecule has 1 atom stereocenters. The number of ketones is 1. The van der Waals surface area contributed by atoms with Crippen molar-refractivity contribution in [3.63, 3.8) is 0 Å². The number of fused-ring (bicyclic) bond motifs is 1. The van der Waals surface area contributed by atoms with Crippen molar-refractivity contribution in [2.75, 3.05) is 5.32 Å².